The van der Waals surface area contributed by atoms with E-state index in [0.717, 1.165) is 5.56 Å². The second kappa shape index (κ2) is 8.84. The SMILES string of the molecule is CCOC(=O)C1=C(C)NC(SC)=NC1c1cc(OC)c(OC)c(OC)c1. The van der Waals surface area contributed by atoms with Crippen molar-refractivity contribution >= 4 is 22.9 Å². The number of hydrogen-bond acceptors (Lipinski definition) is 8. The first-order chi connectivity index (χ1) is 12.5. The Bertz CT molecular complexity index is 720. The molecule has 0 radical (unpaired) electrons. The summed E-state index contributed by atoms with van der Waals surface area (Å²) >= 11 is 1.47. The second-order valence-electron chi connectivity index (χ2n) is 5.38. The number of carbonyl (C=O) groups excluding carboxylic acids is 1. The predicted octanol–water partition coefficient (Wildman–Crippen LogP) is 2.91. The van der Waals surface area contributed by atoms with E-state index in [-0.39, 0.29) is 6.61 Å². The molecule has 0 fully saturated rings. The summed E-state index contributed by atoms with van der Waals surface area (Å²) in [5.74, 6) is 1.09. The average molecular weight is 380 g/mol. The Morgan fingerprint density at radius 1 is 1.19 bits per heavy atom. The minimum atomic E-state index is -0.536. The predicted molar refractivity (Wildman–Crippen MR) is 102 cm³/mol. The molecule has 0 spiro atoms. The number of ether oxygens (including phenoxy) is 4. The van der Waals surface area contributed by atoms with Gasteiger partial charge in [-0.05, 0) is 37.8 Å². The Labute approximate surface area is 157 Å². The molecule has 1 aliphatic heterocycles. The Balaban J connectivity index is 2.62. The van der Waals surface area contributed by atoms with Gasteiger partial charge in [0.05, 0.1) is 33.5 Å². The molecule has 1 heterocycles. The third-order valence-corrected chi connectivity index (χ3v) is 4.50. The summed E-state index contributed by atoms with van der Waals surface area (Å²) in [5.41, 5.74) is 1.91. The van der Waals surface area contributed by atoms with Crippen LogP contribution in [0.1, 0.15) is 25.5 Å². The lowest BCUT2D eigenvalue weighted by atomic mass is 9.96. The van der Waals surface area contributed by atoms with E-state index in [1.54, 1.807) is 40.4 Å². The molecule has 1 unspecified atom stereocenters. The lowest BCUT2D eigenvalue weighted by Gasteiger charge is -2.26. The second-order valence-corrected chi connectivity index (χ2v) is 6.18. The molecular formula is C18H24N2O5S. The molecule has 1 aliphatic rings. The number of nitrogens with one attached hydrogen (secondary N) is 1. The van der Waals surface area contributed by atoms with Gasteiger partial charge in [-0.2, -0.15) is 0 Å². The number of amidine groups is 1. The van der Waals surface area contributed by atoms with E-state index in [2.05, 4.69) is 10.3 Å². The molecule has 7 nitrogen and oxygen atoms in total. The molecule has 142 valence electrons. The van der Waals surface area contributed by atoms with Crippen molar-refractivity contribution in [3.63, 3.8) is 0 Å². The summed E-state index contributed by atoms with van der Waals surface area (Å²) in [6.45, 7) is 3.90. The molecular weight excluding hydrogens is 356 g/mol. The van der Waals surface area contributed by atoms with Crippen molar-refractivity contribution in [2.45, 2.75) is 19.9 Å². The van der Waals surface area contributed by atoms with Crippen LogP contribution in [0.2, 0.25) is 0 Å². The van der Waals surface area contributed by atoms with E-state index < -0.39 is 12.0 Å². The van der Waals surface area contributed by atoms with Gasteiger partial charge >= 0.3 is 5.97 Å². The van der Waals surface area contributed by atoms with Crippen LogP contribution in [0.5, 0.6) is 17.2 Å². The first-order valence-corrected chi connectivity index (χ1v) is 9.29. The molecule has 2 rings (SSSR count). The van der Waals surface area contributed by atoms with Gasteiger partial charge in [-0.3, -0.25) is 0 Å². The van der Waals surface area contributed by atoms with Crippen LogP contribution in [-0.4, -0.2) is 45.3 Å². The Hall–Kier alpha value is -2.35. The van der Waals surface area contributed by atoms with Gasteiger partial charge in [-0.15, -0.1) is 0 Å². The molecule has 0 saturated carbocycles. The maximum absolute atomic E-state index is 12.5. The van der Waals surface area contributed by atoms with Crippen LogP contribution < -0.4 is 19.5 Å². The quantitative estimate of drug-likeness (QED) is 0.760. The third-order valence-electron chi connectivity index (χ3n) is 3.91. The first-order valence-electron chi connectivity index (χ1n) is 8.07. The van der Waals surface area contributed by atoms with E-state index in [1.807, 2.05) is 13.2 Å². The van der Waals surface area contributed by atoms with Crippen molar-refractivity contribution in [1.82, 2.24) is 5.32 Å². The van der Waals surface area contributed by atoms with Crippen LogP contribution in [0.25, 0.3) is 0 Å². The summed E-state index contributed by atoms with van der Waals surface area (Å²) in [6, 6.07) is 3.06. The zero-order valence-electron chi connectivity index (χ0n) is 15.8. The summed E-state index contributed by atoms with van der Waals surface area (Å²) < 4.78 is 21.5. The van der Waals surface area contributed by atoms with Crippen molar-refractivity contribution in [3.05, 3.63) is 29.0 Å². The first kappa shape index (κ1) is 20.0. The summed E-state index contributed by atoms with van der Waals surface area (Å²) in [4.78, 5) is 17.2. The van der Waals surface area contributed by atoms with Crippen molar-refractivity contribution in [1.29, 1.82) is 0 Å². The number of rotatable bonds is 6. The maximum Gasteiger partial charge on any atom is 0.338 e. The molecule has 0 saturated heterocycles. The number of thioether (sulfide) groups is 1. The lowest BCUT2D eigenvalue weighted by molar-refractivity contribution is -0.138. The number of aliphatic imine (C=N–C) groups is 1. The fourth-order valence-corrected chi connectivity index (χ4v) is 3.19. The number of allylic oxidation sites excluding steroid dienone is 1. The number of esters is 1. The molecule has 0 bridgehead atoms. The van der Waals surface area contributed by atoms with Crippen molar-refractivity contribution in [3.8, 4) is 17.2 Å². The van der Waals surface area contributed by atoms with E-state index in [4.69, 9.17) is 18.9 Å². The van der Waals surface area contributed by atoms with E-state index in [9.17, 15) is 4.79 Å². The van der Waals surface area contributed by atoms with Crippen LogP contribution in [0, 0.1) is 0 Å². The van der Waals surface area contributed by atoms with Crippen LogP contribution in [0.3, 0.4) is 0 Å². The smallest absolute Gasteiger partial charge is 0.338 e. The third kappa shape index (κ3) is 3.90. The van der Waals surface area contributed by atoms with Crippen molar-refractivity contribution < 1.29 is 23.7 Å². The molecule has 26 heavy (non-hydrogen) atoms. The highest BCUT2D eigenvalue weighted by Crippen LogP contribution is 2.43. The number of hydrogen-bond donors (Lipinski definition) is 1. The van der Waals surface area contributed by atoms with E-state index >= 15 is 0 Å². The van der Waals surface area contributed by atoms with Gasteiger partial charge in [0.1, 0.15) is 6.04 Å². The Morgan fingerprint density at radius 3 is 2.27 bits per heavy atom. The van der Waals surface area contributed by atoms with E-state index in [0.29, 0.717) is 33.7 Å². The summed E-state index contributed by atoms with van der Waals surface area (Å²) in [6.07, 6.45) is 1.92. The molecule has 1 N–H and O–H groups in total. The fourth-order valence-electron chi connectivity index (χ4n) is 2.72. The largest absolute Gasteiger partial charge is 0.493 e. The molecule has 1 atom stereocenters. The monoisotopic (exact) mass is 380 g/mol. The molecule has 1 aromatic rings. The van der Waals surface area contributed by atoms with Gasteiger partial charge in [0, 0.05) is 5.70 Å². The normalized spacial score (nSPS) is 16.5. The Morgan fingerprint density at radius 2 is 1.81 bits per heavy atom. The highest BCUT2D eigenvalue weighted by atomic mass is 32.2. The number of carbonyl (C=O) groups is 1. The standard InChI is InChI=1S/C18H24N2O5S/c1-7-25-17(21)14-10(2)19-18(26-6)20-15(14)11-8-12(22-3)16(24-5)13(9-11)23-4/h8-9,15H,7H2,1-6H3,(H,19,20). The van der Waals surface area contributed by atoms with Gasteiger partial charge in [0.25, 0.3) is 0 Å². The summed E-state index contributed by atoms with van der Waals surface area (Å²) in [5, 5.41) is 3.86. The fraction of sp³-hybridized carbons (Fsp3) is 0.444. The highest BCUT2D eigenvalue weighted by Gasteiger charge is 2.31. The zero-order chi connectivity index (χ0) is 19.3. The molecule has 1 aromatic carbocycles. The summed E-state index contributed by atoms with van der Waals surface area (Å²) in [7, 11) is 4.64. The van der Waals surface area contributed by atoms with Gasteiger partial charge in [0.2, 0.25) is 5.75 Å². The maximum atomic E-state index is 12.5. The highest BCUT2D eigenvalue weighted by molar-refractivity contribution is 8.13. The number of nitrogens with zero attached hydrogens (tertiary/aromatic N) is 1. The lowest BCUT2D eigenvalue weighted by Crippen LogP contribution is -2.30. The van der Waals surface area contributed by atoms with Crippen molar-refractivity contribution in [2.24, 2.45) is 4.99 Å². The topological polar surface area (TPSA) is 78.4 Å². The van der Waals surface area contributed by atoms with Crippen LogP contribution in [0.4, 0.5) is 0 Å². The molecule has 0 amide bonds. The van der Waals surface area contributed by atoms with Crippen LogP contribution in [0.15, 0.2) is 28.4 Å². The van der Waals surface area contributed by atoms with Crippen LogP contribution >= 0.6 is 11.8 Å². The van der Waals surface area contributed by atoms with Gasteiger partial charge in [-0.25, -0.2) is 9.79 Å². The molecule has 0 aliphatic carbocycles. The van der Waals surface area contributed by atoms with Crippen LogP contribution in [-0.2, 0) is 9.53 Å². The number of benzene rings is 1. The Kier molecular flexibility index (Phi) is 6.79. The van der Waals surface area contributed by atoms with Gasteiger partial charge in [-0.1, -0.05) is 11.8 Å². The van der Waals surface area contributed by atoms with Gasteiger partial charge in [0.15, 0.2) is 16.7 Å². The number of methoxy groups -OCH3 is 3. The minimum absolute atomic E-state index is 0.288. The zero-order valence-corrected chi connectivity index (χ0v) is 16.7. The van der Waals surface area contributed by atoms with E-state index in [1.165, 1.54) is 11.8 Å². The average Bonchev–Trinajstić information content (AvgIpc) is 2.65. The molecule has 8 heteroatoms. The minimum Gasteiger partial charge on any atom is -0.493 e. The van der Waals surface area contributed by atoms with Gasteiger partial charge < -0.3 is 24.3 Å². The molecule has 0 aromatic heterocycles. The van der Waals surface area contributed by atoms with Crippen molar-refractivity contribution in [2.75, 3.05) is 34.2 Å².